The number of hydrogen-bond donors (Lipinski definition) is 1. The van der Waals surface area contributed by atoms with E-state index in [-0.39, 0.29) is 18.0 Å². The van der Waals surface area contributed by atoms with Crippen molar-refractivity contribution >= 4 is 5.78 Å². The summed E-state index contributed by atoms with van der Waals surface area (Å²) in [7, 11) is 0. The molecule has 1 N–H and O–H groups in total. The Morgan fingerprint density at radius 2 is 1.82 bits per heavy atom. The minimum atomic E-state index is -4.48. The lowest BCUT2D eigenvalue weighted by atomic mass is 9.79. The van der Waals surface area contributed by atoms with E-state index in [4.69, 9.17) is 4.74 Å². The van der Waals surface area contributed by atoms with Crippen LogP contribution < -0.4 is 0 Å². The second-order valence-corrected chi connectivity index (χ2v) is 10.0. The van der Waals surface area contributed by atoms with Gasteiger partial charge in [-0.15, -0.1) is 0 Å². The Hall–Kier alpha value is -3.15. The normalized spacial score (nSPS) is 22.9. The fourth-order valence-electron chi connectivity index (χ4n) is 5.32. The van der Waals surface area contributed by atoms with E-state index in [1.807, 2.05) is 6.07 Å². The lowest BCUT2D eigenvalue weighted by Gasteiger charge is -2.41. The molecule has 0 bridgehead atoms. The fraction of sp³-hybridized carbons (Fsp3) is 0.481. The van der Waals surface area contributed by atoms with Gasteiger partial charge in [-0.2, -0.15) is 18.3 Å². The summed E-state index contributed by atoms with van der Waals surface area (Å²) in [6.07, 6.45) is 2.43. The Morgan fingerprint density at radius 1 is 1.08 bits per heavy atom. The van der Waals surface area contributed by atoms with Gasteiger partial charge >= 0.3 is 6.18 Å². The first kappa shape index (κ1) is 26.5. The molecule has 4 heterocycles. The third-order valence-electron chi connectivity index (χ3n) is 7.61. The second-order valence-electron chi connectivity index (χ2n) is 10.0. The average molecular weight is 530 g/mol. The van der Waals surface area contributed by atoms with E-state index in [1.54, 1.807) is 19.2 Å². The molecule has 5 rings (SSSR count). The van der Waals surface area contributed by atoms with E-state index < -0.39 is 17.3 Å². The van der Waals surface area contributed by atoms with E-state index in [2.05, 4.69) is 20.0 Å². The van der Waals surface area contributed by atoms with Gasteiger partial charge in [0.15, 0.2) is 11.6 Å². The third-order valence-corrected chi connectivity index (χ3v) is 7.61. The van der Waals surface area contributed by atoms with Crippen molar-refractivity contribution in [3.05, 3.63) is 70.9 Å². The topological polar surface area (TPSA) is 93.4 Å². The maximum Gasteiger partial charge on any atom is 0.417 e. The summed E-state index contributed by atoms with van der Waals surface area (Å²) < 4.78 is 45.3. The van der Waals surface area contributed by atoms with Gasteiger partial charge in [0.05, 0.1) is 41.9 Å². The Balaban J connectivity index is 1.22. The van der Waals surface area contributed by atoms with Gasteiger partial charge in [0.2, 0.25) is 0 Å². The zero-order chi connectivity index (χ0) is 26.9. The molecule has 0 spiro atoms. The first-order valence-electron chi connectivity index (χ1n) is 12.7. The molecule has 0 atom stereocenters. The zero-order valence-corrected chi connectivity index (χ0v) is 21.1. The van der Waals surface area contributed by atoms with Gasteiger partial charge in [0.1, 0.15) is 5.60 Å². The molecule has 2 fully saturated rings. The van der Waals surface area contributed by atoms with Gasteiger partial charge in [-0.1, -0.05) is 6.07 Å². The van der Waals surface area contributed by atoms with E-state index in [9.17, 15) is 23.1 Å². The van der Waals surface area contributed by atoms with Gasteiger partial charge in [0.25, 0.3) is 0 Å². The highest BCUT2D eigenvalue weighted by molar-refractivity contribution is 5.98. The lowest BCUT2D eigenvalue weighted by Crippen LogP contribution is -2.47. The Kier molecular flexibility index (Phi) is 7.34. The summed E-state index contributed by atoms with van der Waals surface area (Å²) in [5.74, 6) is -0.00269. The largest absolute Gasteiger partial charge is 0.417 e. The molecule has 3 aromatic rings. The summed E-state index contributed by atoms with van der Waals surface area (Å²) in [6.45, 7) is 5.06. The number of carbonyl (C=O) groups is 1. The van der Waals surface area contributed by atoms with Crippen molar-refractivity contribution in [2.75, 3.05) is 26.3 Å². The van der Waals surface area contributed by atoms with Crippen LogP contribution in [0.15, 0.2) is 42.9 Å². The number of alkyl halides is 3. The van der Waals surface area contributed by atoms with Gasteiger partial charge in [0, 0.05) is 37.9 Å². The van der Waals surface area contributed by atoms with E-state index in [0.717, 1.165) is 51.4 Å². The minimum absolute atomic E-state index is 0.0811. The summed E-state index contributed by atoms with van der Waals surface area (Å²) in [5.41, 5.74) is 0.329. The molecule has 1 saturated heterocycles. The molecule has 0 amide bonds. The Morgan fingerprint density at radius 3 is 2.42 bits per heavy atom. The van der Waals surface area contributed by atoms with E-state index in [1.165, 1.54) is 16.9 Å². The molecule has 0 radical (unpaired) electrons. The molecule has 202 valence electrons. The maximum atomic E-state index is 13.0. The van der Waals surface area contributed by atoms with Crippen molar-refractivity contribution in [3.8, 4) is 5.82 Å². The SMILES string of the molecule is Cc1c(C(=O)Cc2ccc(C3(O)CCC(N4CCOCC4)CC3)nc2)cnn1-c1ccc(C(F)(F)F)cn1. The van der Waals surface area contributed by atoms with Crippen LogP contribution in [-0.4, -0.2) is 67.9 Å². The molecular weight excluding hydrogens is 499 g/mol. The first-order chi connectivity index (χ1) is 18.1. The van der Waals surface area contributed by atoms with Crippen LogP contribution in [0.1, 0.15) is 58.6 Å². The number of rotatable bonds is 6. The molecule has 11 heteroatoms. The van der Waals surface area contributed by atoms with Crippen molar-refractivity contribution < 1.29 is 27.8 Å². The van der Waals surface area contributed by atoms with E-state index in [0.29, 0.717) is 41.4 Å². The Bertz CT molecular complexity index is 1260. The average Bonchev–Trinajstić information content (AvgIpc) is 3.31. The molecule has 8 nitrogen and oxygen atoms in total. The van der Waals surface area contributed by atoms with Gasteiger partial charge < -0.3 is 9.84 Å². The number of Topliss-reactive ketones (excluding diaryl/α,β-unsaturated/α-hetero) is 1. The second kappa shape index (κ2) is 10.5. The van der Waals surface area contributed by atoms with Crippen molar-refractivity contribution in [1.29, 1.82) is 0 Å². The Labute approximate surface area is 218 Å². The summed E-state index contributed by atoms with van der Waals surface area (Å²) in [4.78, 5) is 23.8. The maximum absolute atomic E-state index is 13.0. The summed E-state index contributed by atoms with van der Waals surface area (Å²) in [5, 5.41) is 15.4. The number of hydrogen-bond acceptors (Lipinski definition) is 7. The predicted molar refractivity (Wildman–Crippen MR) is 132 cm³/mol. The summed E-state index contributed by atoms with van der Waals surface area (Å²) in [6, 6.07) is 6.21. The quantitative estimate of drug-likeness (QED) is 0.485. The van der Waals surface area contributed by atoms with Crippen molar-refractivity contribution in [1.82, 2.24) is 24.6 Å². The molecule has 0 aromatic carbocycles. The molecule has 2 aliphatic rings. The van der Waals surface area contributed by atoms with Gasteiger partial charge in [-0.25, -0.2) is 9.67 Å². The number of nitrogens with zero attached hydrogens (tertiary/aromatic N) is 5. The first-order valence-corrected chi connectivity index (χ1v) is 12.7. The predicted octanol–water partition coefficient (Wildman–Crippen LogP) is 3.88. The number of halogens is 3. The molecule has 38 heavy (non-hydrogen) atoms. The highest BCUT2D eigenvalue weighted by atomic mass is 19.4. The molecule has 3 aromatic heterocycles. The number of aliphatic hydroxyl groups is 1. The molecular formula is C27H30F3N5O3. The lowest BCUT2D eigenvalue weighted by molar-refractivity contribution is -0.137. The molecule has 1 saturated carbocycles. The monoisotopic (exact) mass is 529 g/mol. The number of aromatic nitrogens is 4. The smallest absolute Gasteiger partial charge is 0.384 e. The summed E-state index contributed by atoms with van der Waals surface area (Å²) >= 11 is 0. The fourth-order valence-corrected chi connectivity index (χ4v) is 5.32. The molecule has 1 aliphatic heterocycles. The zero-order valence-electron chi connectivity index (χ0n) is 21.1. The van der Waals surface area contributed by atoms with Crippen LogP contribution in [0.4, 0.5) is 13.2 Å². The number of ketones is 1. The van der Waals surface area contributed by atoms with Crippen LogP contribution >= 0.6 is 0 Å². The highest BCUT2D eigenvalue weighted by Crippen LogP contribution is 2.38. The number of carbonyl (C=O) groups excluding carboxylic acids is 1. The third kappa shape index (κ3) is 5.50. The number of ether oxygens (including phenoxy) is 1. The van der Waals surface area contributed by atoms with Crippen LogP contribution in [0.2, 0.25) is 0 Å². The van der Waals surface area contributed by atoms with Crippen molar-refractivity contribution in [3.63, 3.8) is 0 Å². The standard InChI is InChI=1S/C27H30F3N5O3/c1-18-22(17-33-35(18)25-5-3-20(16-32-25)27(28,29)30)23(36)14-19-2-4-24(31-15-19)26(37)8-6-21(7-9-26)34-10-12-38-13-11-34/h2-5,15-17,21,37H,6-14H2,1H3. The van der Waals surface area contributed by atoms with Gasteiger partial charge in [-0.05, 0) is 56.4 Å². The van der Waals surface area contributed by atoms with Crippen LogP contribution in [0.25, 0.3) is 5.82 Å². The van der Waals surface area contributed by atoms with Crippen LogP contribution in [0.3, 0.4) is 0 Å². The highest BCUT2D eigenvalue weighted by Gasteiger charge is 2.38. The van der Waals surface area contributed by atoms with Gasteiger partial charge in [-0.3, -0.25) is 14.7 Å². The van der Waals surface area contributed by atoms with Crippen molar-refractivity contribution in [2.45, 2.75) is 56.8 Å². The number of pyridine rings is 2. The number of morpholine rings is 1. The van der Waals surface area contributed by atoms with Crippen LogP contribution in [0.5, 0.6) is 0 Å². The van der Waals surface area contributed by atoms with Crippen LogP contribution in [0, 0.1) is 6.92 Å². The van der Waals surface area contributed by atoms with Crippen LogP contribution in [-0.2, 0) is 22.9 Å². The molecule has 1 aliphatic carbocycles. The molecule has 0 unspecified atom stereocenters. The van der Waals surface area contributed by atoms with Crippen molar-refractivity contribution in [2.24, 2.45) is 0 Å². The minimum Gasteiger partial charge on any atom is -0.384 e. The van der Waals surface area contributed by atoms with E-state index >= 15 is 0 Å².